The fraction of sp³-hybridized carbons (Fsp3) is 0.233. The summed E-state index contributed by atoms with van der Waals surface area (Å²) in [5, 5.41) is 11.7. The minimum Gasteiger partial charge on any atom is -0.459 e. The lowest BCUT2D eigenvalue weighted by Crippen LogP contribution is -2.50. The summed E-state index contributed by atoms with van der Waals surface area (Å²) < 4.78 is 70.0. The largest absolute Gasteiger partial charge is 0.459 e. The Hall–Kier alpha value is -5.32. The van der Waals surface area contributed by atoms with Crippen molar-refractivity contribution in [1.82, 2.24) is 19.9 Å². The van der Waals surface area contributed by atoms with Gasteiger partial charge in [-0.15, -0.1) is 0 Å². The molecule has 0 bridgehead atoms. The van der Waals surface area contributed by atoms with E-state index in [1.54, 1.807) is 0 Å². The Balaban J connectivity index is 1.45. The van der Waals surface area contributed by atoms with Crippen molar-refractivity contribution in [2.24, 2.45) is 0 Å². The van der Waals surface area contributed by atoms with Gasteiger partial charge in [0.1, 0.15) is 30.4 Å². The number of aliphatic hydroxyl groups is 1. The van der Waals surface area contributed by atoms with E-state index in [4.69, 9.17) is 23.7 Å². The Morgan fingerprint density at radius 3 is 2.07 bits per heavy atom. The fourth-order valence-corrected chi connectivity index (χ4v) is 4.39. The predicted molar refractivity (Wildman–Crippen MR) is 145 cm³/mol. The zero-order valence-electron chi connectivity index (χ0n) is 23.5. The second kappa shape index (κ2) is 14.2. The van der Waals surface area contributed by atoms with E-state index < -0.39 is 90.8 Å². The molecule has 16 heteroatoms. The second-order valence-corrected chi connectivity index (χ2v) is 9.67. The third kappa shape index (κ3) is 7.31. The molecule has 0 saturated carbocycles. The topological polar surface area (TPSA) is 169 Å². The van der Waals surface area contributed by atoms with E-state index in [-0.39, 0.29) is 11.1 Å². The molecular formula is C30H23F3N4O9. The number of aromatic nitrogens is 4. The molecule has 4 aromatic heterocycles. The lowest BCUT2D eigenvalue weighted by molar-refractivity contribution is -0.256. The summed E-state index contributed by atoms with van der Waals surface area (Å²) in [7, 11) is 0. The molecule has 0 aromatic carbocycles. The molecule has 4 unspecified atom stereocenters. The third-order valence-electron chi connectivity index (χ3n) is 6.58. The molecule has 1 aliphatic rings. The highest BCUT2D eigenvalue weighted by Crippen LogP contribution is 2.36. The van der Waals surface area contributed by atoms with Crippen molar-refractivity contribution in [3.63, 3.8) is 0 Å². The molecule has 1 aliphatic heterocycles. The van der Waals surface area contributed by atoms with Gasteiger partial charge in [-0.05, 0) is 42.5 Å². The van der Waals surface area contributed by atoms with Crippen molar-refractivity contribution in [1.29, 1.82) is 0 Å². The molecule has 13 nitrogen and oxygen atoms in total. The highest BCUT2D eigenvalue weighted by Gasteiger charge is 2.60. The number of hydrogen-bond acceptors (Lipinski definition) is 13. The number of nitrogens with zero attached hydrogens (tertiary/aromatic N) is 4. The maximum atomic E-state index is 14.4. The molecule has 5 heterocycles. The third-order valence-corrected chi connectivity index (χ3v) is 6.58. The van der Waals surface area contributed by atoms with E-state index >= 15 is 0 Å². The Bertz CT molecular complexity index is 1720. The van der Waals surface area contributed by atoms with Crippen LogP contribution in [0.15, 0.2) is 79.5 Å². The highest BCUT2D eigenvalue weighted by molar-refractivity contribution is 5.90. The van der Waals surface area contributed by atoms with Crippen molar-refractivity contribution in [2.75, 3.05) is 13.2 Å². The molecule has 4 aromatic rings. The lowest BCUT2D eigenvalue weighted by Gasteiger charge is -2.29. The first-order valence-corrected chi connectivity index (χ1v) is 13.4. The summed E-state index contributed by atoms with van der Waals surface area (Å²) in [6.45, 7) is -2.06. The van der Waals surface area contributed by atoms with Crippen molar-refractivity contribution < 1.29 is 56.3 Å². The predicted octanol–water partition coefficient (Wildman–Crippen LogP) is 2.60. The minimum absolute atomic E-state index is 0.00129. The number of pyridine rings is 4. The molecule has 5 rings (SSSR count). The Morgan fingerprint density at radius 1 is 0.804 bits per heavy atom. The quantitative estimate of drug-likeness (QED) is 0.144. The zero-order valence-corrected chi connectivity index (χ0v) is 23.5. The maximum Gasteiger partial charge on any atom is 0.343 e. The van der Waals surface area contributed by atoms with Crippen LogP contribution in [0.25, 0.3) is 0 Å². The number of rotatable bonds is 11. The average Bonchev–Trinajstić information content (AvgIpc) is 3.31. The summed E-state index contributed by atoms with van der Waals surface area (Å²) >= 11 is 0. The van der Waals surface area contributed by atoms with Gasteiger partial charge in [-0.1, -0.05) is 6.07 Å². The van der Waals surface area contributed by atoms with E-state index in [9.17, 15) is 32.7 Å². The molecule has 0 spiro atoms. The molecule has 1 N–H and O–H groups in total. The van der Waals surface area contributed by atoms with Gasteiger partial charge < -0.3 is 28.8 Å². The van der Waals surface area contributed by atoms with Gasteiger partial charge in [0.15, 0.2) is 12.2 Å². The zero-order chi connectivity index (χ0) is 32.7. The van der Waals surface area contributed by atoms with Crippen LogP contribution in [-0.4, -0.2) is 80.3 Å². The average molecular weight is 641 g/mol. The van der Waals surface area contributed by atoms with Crippen molar-refractivity contribution in [3.8, 4) is 0 Å². The fourth-order valence-electron chi connectivity index (χ4n) is 4.39. The lowest BCUT2D eigenvalue weighted by atomic mass is 10.0. The molecule has 1 saturated heterocycles. The van der Waals surface area contributed by atoms with Gasteiger partial charge in [0.05, 0.1) is 12.2 Å². The molecule has 238 valence electrons. The number of esters is 3. The molecule has 1 fully saturated rings. The van der Waals surface area contributed by atoms with Crippen LogP contribution in [-0.2, 0) is 30.3 Å². The Labute approximate surface area is 257 Å². The normalized spacial score (nSPS) is 20.6. The Kier molecular flexibility index (Phi) is 9.90. The van der Waals surface area contributed by atoms with Gasteiger partial charge >= 0.3 is 17.9 Å². The standard InChI is InChI=1S/C30H23F3N4O9/c31-24-18(6-2-10-35-24)14-42-16-30(41)23(45-29(40)20-8-4-12-37-26(20)33)22(44-27(38)17-5-1-9-34-13-17)21(46-30)15-43-28(39)19-7-3-11-36-25(19)32/h1-13,21-23,41H,14-16H2. The van der Waals surface area contributed by atoms with E-state index in [0.29, 0.717) is 0 Å². The number of carbonyl (C=O) groups is 3. The van der Waals surface area contributed by atoms with Crippen molar-refractivity contribution in [2.45, 2.75) is 30.7 Å². The summed E-state index contributed by atoms with van der Waals surface area (Å²) in [4.78, 5) is 53.0. The summed E-state index contributed by atoms with van der Waals surface area (Å²) in [6, 6.07) is 10.3. The van der Waals surface area contributed by atoms with E-state index in [1.807, 2.05) is 0 Å². The number of ether oxygens (including phenoxy) is 5. The van der Waals surface area contributed by atoms with Crippen LogP contribution in [0.4, 0.5) is 13.2 Å². The van der Waals surface area contributed by atoms with Gasteiger partial charge in [0.25, 0.3) is 0 Å². The maximum absolute atomic E-state index is 14.4. The van der Waals surface area contributed by atoms with Crippen LogP contribution >= 0.6 is 0 Å². The second-order valence-electron chi connectivity index (χ2n) is 9.67. The smallest absolute Gasteiger partial charge is 0.343 e. The summed E-state index contributed by atoms with van der Waals surface area (Å²) in [5.41, 5.74) is -1.23. The van der Waals surface area contributed by atoms with Crippen LogP contribution in [0.5, 0.6) is 0 Å². The molecule has 0 radical (unpaired) electrons. The Morgan fingerprint density at radius 2 is 1.43 bits per heavy atom. The van der Waals surface area contributed by atoms with Crippen molar-refractivity contribution in [3.05, 3.63) is 120 Å². The van der Waals surface area contributed by atoms with Gasteiger partial charge in [-0.25, -0.2) is 29.3 Å². The van der Waals surface area contributed by atoms with Crippen LogP contribution in [0.3, 0.4) is 0 Å². The molecular weight excluding hydrogens is 617 g/mol. The van der Waals surface area contributed by atoms with Gasteiger partial charge in [0.2, 0.25) is 23.6 Å². The molecule has 0 aliphatic carbocycles. The first-order chi connectivity index (χ1) is 22.2. The first-order valence-electron chi connectivity index (χ1n) is 13.4. The molecule has 4 atom stereocenters. The van der Waals surface area contributed by atoms with E-state index in [0.717, 1.165) is 24.5 Å². The van der Waals surface area contributed by atoms with E-state index in [1.165, 1.54) is 55.0 Å². The van der Waals surface area contributed by atoms with E-state index in [2.05, 4.69) is 19.9 Å². The number of carbonyl (C=O) groups excluding carboxylic acids is 3. The van der Waals surface area contributed by atoms with Crippen LogP contribution in [0, 0.1) is 17.8 Å². The first kappa shape index (κ1) is 32.1. The van der Waals surface area contributed by atoms with Crippen LogP contribution in [0.2, 0.25) is 0 Å². The molecule has 0 amide bonds. The molecule has 46 heavy (non-hydrogen) atoms. The van der Waals surface area contributed by atoms with Gasteiger partial charge in [0, 0.05) is 36.5 Å². The summed E-state index contributed by atoms with van der Waals surface area (Å²) in [6.07, 6.45) is 0.687. The van der Waals surface area contributed by atoms with Crippen LogP contribution in [0.1, 0.15) is 36.6 Å². The number of hydrogen-bond donors (Lipinski definition) is 1. The van der Waals surface area contributed by atoms with Gasteiger partial charge in [-0.2, -0.15) is 13.2 Å². The highest BCUT2D eigenvalue weighted by atomic mass is 19.1. The SMILES string of the molecule is O=C(OC1C(COC(=O)c2cccnc2F)OC(O)(COCc2cccnc2F)C1OC(=O)c1cccnc1F)c1cccnc1. The number of halogens is 3. The van der Waals surface area contributed by atoms with Gasteiger partial charge in [-0.3, -0.25) is 4.98 Å². The van der Waals surface area contributed by atoms with Crippen LogP contribution < -0.4 is 0 Å². The monoisotopic (exact) mass is 640 g/mol. The summed E-state index contributed by atoms with van der Waals surface area (Å²) in [5.74, 6) is -9.39. The van der Waals surface area contributed by atoms with Crippen molar-refractivity contribution >= 4 is 17.9 Å². The minimum atomic E-state index is -2.66.